The monoisotopic (exact) mass is 513 g/mol. The molecule has 7 nitrogen and oxygen atoms in total. The minimum Gasteiger partial charge on any atom is -0.350 e. The van der Waals surface area contributed by atoms with E-state index in [4.69, 9.17) is 23.2 Å². The van der Waals surface area contributed by atoms with Crippen LogP contribution in [0.5, 0.6) is 0 Å². The fourth-order valence-electron chi connectivity index (χ4n) is 3.12. The van der Waals surface area contributed by atoms with Crippen molar-refractivity contribution in [2.45, 2.75) is 45.8 Å². The van der Waals surface area contributed by atoms with Gasteiger partial charge in [0.15, 0.2) is 0 Å². The van der Waals surface area contributed by atoms with Gasteiger partial charge < -0.3 is 10.2 Å². The third kappa shape index (κ3) is 7.62. The van der Waals surface area contributed by atoms with Crippen LogP contribution in [0, 0.1) is 0 Å². The van der Waals surface area contributed by atoms with Gasteiger partial charge in [0.1, 0.15) is 12.6 Å². The number of carbonyl (C=O) groups excluding carboxylic acids is 2. The van der Waals surface area contributed by atoms with Gasteiger partial charge in [-0.3, -0.25) is 13.9 Å². The molecule has 33 heavy (non-hydrogen) atoms. The molecule has 2 aromatic rings. The van der Waals surface area contributed by atoms with Gasteiger partial charge >= 0.3 is 0 Å². The topological polar surface area (TPSA) is 86.8 Å². The molecule has 0 spiro atoms. The Balaban J connectivity index is 2.42. The molecular formula is C23H29Cl2N3O4S. The van der Waals surface area contributed by atoms with Gasteiger partial charge in [-0.2, -0.15) is 0 Å². The predicted octanol–water partition coefficient (Wildman–Crippen LogP) is 4.09. The number of benzene rings is 2. The highest BCUT2D eigenvalue weighted by atomic mass is 35.5. The van der Waals surface area contributed by atoms with E-state index in [0.717, 1.165) is 16.1 Å². The molecule has 0 aliphatic heterocycles. The summed E-state index contributed by atoms with van der Waals surface area (Å²) < 4.78 is 26.1. The Labute approximate surface area is 205 Å². The Morgan fingerprint density at radius 3 is 2.18 bits per heavy atom. The molecule has 0 saturated carbocycles. The third-order valence-electron chi connectivity index (χ3n) is 4.74. The Kier molecular flexibility index (Phi) is 8.79. The molecule has 0 aromatic heterocycles. The van der Waals surface area contributed by atoms with Gasteiger partial charge in [-0.1, -0.05) is 59.6 Å². The van der Waals surface area contributed by atoms with Gasteiger partial charge in [-0.15, -0.1) is 0 Å². The van der Waals surface area contributed by atoms with Crippen LogP contribution < -0.4 is 9.62 Å². The summed E-state index contributed by atoms with van der Waals surface area (Å²) in [6.07, 6.45) is 0.981. The SMILES string of the molecule is C[C@H](C(=O)NC(C)(C)C)N(Cc1ccccc1)C(=O)CN(c1cccc(Cl)c1Cl)S(C)(=O)=O. The highest BCUT2D eigenvalue weighted by molar-refractivity contribution is 7.92. The first-order chi connectivity index (χ1) is 15.2. The molecule has 0 fully saturated rings. The molecule has 2 rings (SSSR count). The molecule has 0 bridgehead atoms. The number of nitrogens with one attached hydrogen (secondary N) is 1. The zero-order valence-electron chi connectivity index (χ0n) is 19.3. The smallest absolute Gasteiger partial charge is 0.244 e. The molecule has 0 unspecified atom stereocenters. The average Bonchev–Trinajstić information content (AvgIpc) is 2.70. The lowest BCUT2D eigenvalue weighted by Gasteiger charge is -2.33. The lowest BCUT2D eigenvalue weighted by molar-refractivity contribution is -0.140. The number of sulfonamides is 1. The number of amides is 2. The molecule has 0 saturated heterocycles. The molecule has 0 aliphatic rings. The van der Waals surface area contributed by atoms with Crippen molar-refractivity contribution in [2.24, 2.45) is 0 Å². The summed E-state index contributed by atoms with van der Waals surface area (Å²) in [5, 5.41) is 3.05. The van der Waals surface area contributed by atoms with Crippen LogP contribution in [0.2, 0.25) is 10.0 Å². The molecule has 2 aromatic carbocycles. The van der Waals surface area contributed by atoms with E-state index in [9.17, 15) is 18.0 Å². The molecule has 10 heteroatoms. The van der Waals surface area contributed by atoms with Crippen molar-refractivity contribution in [3.63, 3.8) is 0 Å². The zero-order valence-corrected chi connectivity index (χ0v) is 21.6. The number of anilines is 1. The molecule has 1 atom stereocenters. The van der Waals surface area contributed by atoms with E-state index in [1.807, 2.05) is 51.1 Å². The average molecular weight is 514 g/mol. The molecule has 180 valence electrons. The summed E-state index contributed by atoms with van der Waals surface area (Å²) in [7, 11) is -3.89. The molecule has 0 heterocycles. The minimum absolute atomic E-state index is 0.0190. The summed E-state index contributed by atoms with van der Waals surface area (Å²) >= 11 is 12.3. The quantitative estimate of drug-likeness (QED) is 0.575. The van der Waals surface area contributed by atoms with Crippen LogP contribution in [-0.2, 0) is 26.2 Å². The summed E-state index contributed by atoms with van der Waals surface area (Å²) in [6, 6.07) is 12.8. The largest absolute Gasteiger partial charge is 0.350 e. The van der Waals surface area contributed by atoms with Crippen LogP contribution in [0.25, 0.3) is 0 Å². The van der Waals surface area contributed by atoms with Crippen molar-refractivity contribution < 1.29 is 18.0 Å². The van der Waals surface area contributed by atoms with Gasteiger partial charge in [-0.25, -0.2) is 8.42 Å². The van der Waals surface area contributed by atoms with Crippen LogP contribution in [0.4, 0.5) is 5.69 Å². The summed E-state index contributed by atoms with van der Waals surface area (Å²) in [4.78, 5) is 27.7. The second kappa shape index (κ2) is 10.8. The summed E-state index contributed by atoms with van der Waals surface area (Å²) in [5.41, 5.74) is 0.388. The number of hydrogen-bond acceptors (Lipinski definition) is 4. The first-order valence-corrected chi connectivity index (χ1v) is 12.9. The first kappa shape index (κ1) is 27.0. The van der Waals surface area contributed by atoms with Gasteiger partial charge in [0.2, 0.25) is 21.8 Å². The van der Waals surface area contributed by atoms with Crippen molar-refractivity contribution in [1.29, 1.82) is 0 Å². The maximum atomic E-state index is 13.4. The highest BCUT2D eigenvalue weighted by Crippen LogP contribution is 2.33. The Hall–Kier alpha value is -2.29. The normalized spacial score (nSPS) is 12.7. The van der Waals surface area contributed by atoms with Gasteiger partial charge in [-0.05, 0) is 45.4 Å². The summed E-state index contributed by atoms with van der Waals surface area (Å²) in [6.45, 7) is 6.71. The van der Waals surface area contributed by atoms with Crippen LogP contribution >= 0.6 is 23.2 Å². The Bertz CT molecular complexity index is 1100. The minimum atomic E-state index is -3.89. The lowest BCUT2D eigenvalue weighted by Crippen LogP contribution is -2.54. The van der Waals surface area contributed by atoms with Crippen molar-refractivity contribution in [2.75, 3.05) is 17.1 Å². The summed E-state index contributed by atoms with van der Waals surface area (Å²) in [5.74, 6) is -0.907. The fourth-order valence-corrected chi connectivity index (χ4v) is 4.42. The molecule has 2 amide bonds. The van der Waals surface area contributed by atoms with E-state index < -0.39 is 34.1 Å². The van der Waals surface area contributed by atoms with Crippen molar-refractivity contribution >= 4 is 50.7 Å². The van der Waals surface area contributed by atoms with Crippen LogP contribution in [0.1, 0.15) is 33.3 Å². The molecule has 0 aliphatic carbocycles. The maximum Gasteiger partial charge on any atom is 0.244 e. The van der Waals surface area contributed by atoms with Crippen molar-refractivity contribution in [3.8, 4) is 0 Å². The molecule has 0 radical (unpaired) electrons. The Morgan fingerprint density at radius 1 is 1.03 bits per heavy atom. The maximum absolute atomic E-state index is 13.4. The third-order valence-corrected chi connectivity index (χ3v) is 6.68. The molecular weight excluding hydrogens is 485 g/mol. The first-order valence-electron chi connectivity index (χ1n) is 10.3. The predicted molar refractivity (Wildman–Crippen MR) is 133 cm³/mol. The number of hydrogen-bond donors (Lipinski definition) is 1. The number of nitrogens with zero attached hydrogens (tertiary/aromatic N) is 2. The van der Waals surface area contributed by atoms with E-state index in [-0.39, 0.29) is 28.2 Å². The number of rotatable bonds is 8. The zero-order chi connectivity index (χ0) is 25.0. The van der Waals surface area contributed by atoms with E-state index in [2.05, 4.69) is 5.32 Å². The van der Waals surface area contributed by atoms with Gasteiger partial charge in [0, 0.05) is 12.1 Å². The van der Waals surface area contributed by atoms with Crippen molar-refractivity contribution in [1.82, 2.24) is 10.2 Å². The van der Waals surface area contributed by atoms with E-state index in [1.54, 1.807) is 13.0 Å². The van der Waals surface area contributed by atoms with E-state index >= 15 is 0 Å². The van der Waals surface area contributed by atoms with E-state index in [0.29, 0.717) is 0 Å². The van der Waals surface area contributed by atoms with Crippen LogP contribution in [0.3, 0.4) is 0 Å². The fraction of sp³-hybridized carbons (Fsp3) is 0.391. The second-order valence-corrected chi connectivity index (χ2v) is 11.5. The van der Waals surface area contributed by atoms with Crippen LogP contribution in [0.15, 0.2) is 48.5 Å². The van der Waals surface area contributed by atoms with Crippen LogP contribution in [-0.4, -0.2) is 49.5 Å². The lowest BCUT2D eigenvalue weighted by atomic mass is 10.1. The Morgan fingerprint density at radius 2 is 1.64 bits per heavy atom. The van der Waals surface area contributed by atoms with Gasteiger partial charge in [0.05, 0.1) is 22.0 Å². The number of carbonyl (C=O) groups is 2. The molecule has 1 N–H and O–H groups in total. The standard InChI is InChI=1S/C23H29Cl2N3O4S/c1-16(22(30)26-23(2,3)4)27(14-17-10-7-6-8-11-17)20(29)15-28(33(5,31)32)19-13-9-12-18(24)21(19)25/h6-13,16H,14-15H2,1-5H3,(H,26,30)/t16-/m1/s1. The second-order valence-electron chi connectivity index (χ2n) is 8.77. The van der Waals surface area contributed by atoms with Gasteiger partial charge in [0.25, 0.3) is 0 Å². The van der Waals surface area contributed by atoms with E-state index in [1.165, 1.54) is 17.0 Å². The number of halogens is 2. The van der Waals surface area contributed by atoms with Crippen molar-refractivity contribution in [3.05, 3.63) is 64.1 Å². The highest BCUT2D eigenvalue weighted by Gasteiger charge is 2.32.